The summed E-state index contributed by atoms with van der Waals surface area (Å²) in [5, 5.41) is 21.3. The summed E-state index contributed by atoms with van der Waals surface area (Å²) in [6.45, 7) is 0. The zero-order valence-corrected chi connectivity index (χ0v) is 13.0. The minimum absolute atomic E-state index is 0.153. The number of phenols is 2. The van der Waals surface area contributed by atoms with Gasteiger partial charge in [-0.25, -0.2) is 0 Å². The van der Waals surface area contributed by atoms with Gasteiger partial charge in [-0.1, -0.05) is 28.1 Å². The molecule has 0 unspecified atom stereocenters. The highest BCUT2D eigenvalue weighted by Crippen LogP contribution is 2.26. The van der Waals surface area contributed by atoms with E-state index in [-0.39, 0.29) is 22.1 Å². The minimum atomic E-state index is -0.454. The van der Waals surface area contributed by atoms with Crippen LogP contribution in [0.15, 0.2) is 40.9 Å². The molecule has 0 aromatic heterocycles. The number of thiocarbonyl (C=S) groups is 1. The van der Waals surface area contributed by atoms with Crippen molar-refractivity contribution in [2.45, 2.75) is 0 Å². The average molecular weight is 367 g/mol. The van der Waals surface area contributed by atoms with E-state index in [2.05, 4.69) is 21.2 Å². The molecule has 0 aliphatic heterocycles. The summed E-state index contributed by atoms with van der Waals surface area (Å²) in [7, 11) is 0. The standard InChI is InChI=1S/C14H11BrN2O3S/c15-8-2-3-10(9(6-8)13(16)21)17-14(20)7-1-4-11(18)12(19)5-7/h1-6,18-19H,(H2,16,21)(H,17,20). The summed E-state index contributed by atoms with van der Waals surface area (Å²) in [6.07, 6.45) is 0. The van der Waals surface area contributed by atoms with Gasteiger partial charge in [-0.05, 0) is 36.4 Å². The van der Waals surface area contributed by atoms with Crippen LogP contribution in [0, 0.1) is 0 Å². The van der Waals surface area contributed by atoms with Gasteiger partial charge < -0.3 is 21.3 Å². The second-order valence-electron chi connectivity index (χ2n) is 4.21. The van der Waals surface area contributed by atoms with Crippen LogP contribution in [-0.2, 0) is 0 Å². The van der Waals surface area contributed by atoms with E-state index in [0.717, 1.165) is 4.47 Å². The van der Waals surface area contributed by atoms with Crippen LogP contribution in [0.2, 0.25) is 0 Å². The quantitative estimate of drug-likeness (QED) is 0.494. The zero-order valence-electron chi connectivity index (χ0n) is 10.6. The first-order chi connectivity index (χ1) is 9.88. The van der Waals surface area contributed by atoms with E-state index < -0.39 is 5.91 Å². The summed E-state index contributed by atoms with van der Waals surface area (Å²) in [6, 6.07) is 8.91. The molecule has 0 spiro atoms. The van der Waals surface area contributed by atoms with Gasteiger partial charge in [0.05, 0.1) is 5.69 Å². The van der Waals surface area contributed by atoms with Gasteiger partial charge in [0.25, 0.3) is 5.91 Å². The molecule has 2 aromatic carbocycles. The molecule has 5 nitrogen and oxygen atoms in total. The Labute approximate surface area is 134 Å². The monoisotopic (exact) mass is 366 g/mol. The van der Waals surface area contributed by atoms with E-state index in [1.165, 1.54) is 18.2 Å². The number of hydrogen-bond donors (Lipinski definition) is 4. The van der Waals surface area contributed by atoms with Gasteiger partial charge in [0.2, 0.25) is 0 Å². The van der Waals surface area contributed by atoms with Crippen LogP contribution in [0.4, 0.5) is 5.69 Å². The van der Waals surface area contributed by atoms with Gasteiger partial charge >= 0.3 is 0 Å². The van der Waals surface area contributed by atoms with Crippen molar-refractivity contribution < 1.29 is 15.0 Å². The number of phenolic OH excluding ortho intramolecular Hbond substituents is 2. The van der Waals surface area contributed by atoms with E-state index in [1.54, 1.807) is 18.2 Å². The molecular formula is C14H11BrN2O3S. The first kappa shape index (κ1) is 15.3. The van der Waals surface area contributed by atoms with Crippen LogP contribution in [-0.4, -0.2) is 21.1 Å². The van der Waals surface area contributed by atoms with Crippen molar-refractivity contribution in [2.75, 3.05) is 5.32 Å². The molecule has 1 amide bonds. The molecule has 0 heterocycles. The highest BCUT2D eigenvalue weighted by atomic mass is 79.9. The molecule has 0 radical (unpaired) electrons. The molecule has 0 saturated carbocycles. The summed E-state index contributed by atoms with van der Waals surface area (Å²) in [4.78, 5) is 12.3. The van der Waals surface area contributed by atoms with Gasteiger partial charge in [-0.2, -0.15) is 0 Å². The lowest BCUT2D eigenvalue weighted by Crippen LogP contribution is -2.17. The lowest BCUT2D eigenvalue weighted by molar-refractivity contribution is 0.102. The maximum atomic E-state index is 12.1. The predicted octanol–water partition coefficient (Wildman–Crippen LogP) is 2.75. The normalized spacial score (nSPS) is 10.1. The molecule has 0 aliphatic carbocycles. The van der Waals surface area contributed by atoms with Crippen molar-refractivity contribution in [3.63, 3.8) is 0 Å². The smallest absolute Gasteiger partial charge is 0.255 e. The van der Waals surface area contributed by atoms with Crippen LogP contribution < -0.4 is 11.1 Å². The summed E-state index contributed by atoms with van der Waals surface area (Å²) in [5.74, 6) is -1.11. The number of carbonyl (C=O) groups excluding carboxylic acids is 1. The number of benzene rings is 2. The van der Waals surface area contributed by atoms with Crippen LogP contribution >= 0.6 is 28.1 Å². The van der Waals surface area contributed by atoms with E-state index in [4.69, 9.17) is 18.0 Å². The first-order valence-electron chi connectivity index (χ1n) is 5.81. The molecule has 7 heteroatoms. The van der Waals surface area contributed by atoms with E-state index in [0.29, 0.717) is 11.3 Å². The number of carbonyl (C=O) groups is 1. The van der Waals surface area contributed by atoms with E-state index in [1.807, 2.05) is 0 Å². The van der Waals surface area contributed by atoms with Crippen LogP contribution in [0.3, 0.4) is 0 Å². The fourth-order valence-corrected chi connectivity index (χ4v) is 2.22. The highest BCUT2D eigenvalue weighted by molar-refractivity contribution is 9.10. The molecule has 0 atom stereocenters. The first-order valence-corrected chi connectivity index (χ1v) is 7.01. The number of halogens is 1. The van der Waals surface area contributed by atoms with E-state index in [9.17, 15) is 15.0 Å². The van der Waals surface area contributed by atoms with Gasteiger partial charge in [0, 0.05) is 15.6 Å². The van der Waals surface area contributed by atoms with Crippen LogP contribution in [0.5, 0.6) is 11.5 Å². The van der Waals surface area contributed by atoms with Gasteiger partial charge in [0.1, 0.15) is 4.99 Å². The lowest BCUT2D eigenvalue weighted by atomic mass is 10.1. The third kappa shape index (κ3) is 3.50. The van der Waals surface area contributed by atoms with Crippen molar-refractivity contribution in [3.05, 3.63) is 52.0 Å². The third-order valence-corrected chi connectivity index (χ3v) is 3.45. The molecule has 0 saturated heterocycles. The van der Waals surface area contributed by atoms with Crippen molar-refractivity contribution >= 4 is 44.7 Å². The molecule has 21 heavy (non-hydrogen) atoms. The Kier molecular flexibility index (Phi) is 4.44. The zero-order chi connectivity index (χ0) is 15.6. The van der Waals surface area contributed by atoms with Crippen LogP contribution in [0.25, 0.3) is 0 Å². The highest BCUT2D eigenvalue weighted by Gasteiger charge is 2.12. The van der Waals surface area contributed by atoms with E-state index >= 15 is 0 Å². The molecule has 108 valence electrons. The minimum Gasteiger partial charge on any atom is -0.504 e. The third-order valence-electron chi connectivity index (χ3n) is 2.73. The van der Waals surface area contributed by atoms with Gasteiger partial charge in [-0.15, -0.1) is 0 Å². The average Bonchev–Trinajstić information content (AvgIpc) is 2.43. The summed E-state index contributed by atoms with van der Waals surface area (Å²) >= 11 is 8.25. The number of hydrogen-bond acceptors (Lipinski definition) is 4. The molecule has 5 N–H and O–H groups in total. The Hall–Kier alpha value is -2.12. The van der Waals surface area contributed by atoms with Gasteiger partial charge in [0.15, 0.2) is 11.5 Å². The van der Waals surface area contributed by atoms with Crippen molar-refractivity contribution in [2.24, 2.45) is 5.73 Å². The molecule has 2 rings (SSSR count). The van der Waals surface area contributed by atoms with Crippen molar-refractivity contribution in [1.82, 2.24) is 0 Å². The Balaban J connectivity index is 2.31. The molecule has 0 fully saturated rings. The van der Waals surface area contributed by atoms with Gasteiger partial charge in [-0.3, -0.25) is 4.79 Å². The topological polar surface area (TPSA) is 95.6 Å². The SMILES string of the molecule is NC(=S)c1cc(Br)ccc1NC(=O)c1ccc(O)c(O)c1. The number of rotatable bonds is 3. The molecular weight excluding hydrogens is 356 g/mol. The second kappa shape index (κ2) is 6.11. The van der Waals surface area contributed by atoms with Crippen molar-refractivity contribution in [3.8, 4) is 11.5 Å². The number of nitrogens with two attached hydrogens (primary N) is 1. The molecule has 0 aliphatic rings. The number of nitrogens with one attached hydrogen (secondary N) is 1. The summed E-state index contributed by atoms with van der Waals surface area (Å²) in [5.41, 5.74) is 6.81. The molecule has 0 bridgehead atoms. The number of aromatic hydroxyl groups is 2. The largest absolute Gasteiger partial charge is 0.504 e. The Morgan fingerprint density at radius 3 is 2.48 bits per heavy atom. The second-order valence-corrected chi connectivity index (χ2v) is 5.57. The maximum absolute atomic E-state index is 12.1. The van der Waals surface area contributed by atoms with Crippen LogP contribution in [0.1, 0.15) is 15.9 Å². The Morgan fingerprint density at radius 1 is 1.14 bits per heavy atom. The maximum Gasteiger partial charge on any atom is 0.255 e. The number of amides is 1. The fraction of sp³-hybridized carbons (Fsp3) is 0. The summed E-state index contributed by atoms with van der Waals surface area (Å²) < 4.78 is 0.783. The lowest BCUT2D eigenvalue weighted by Gasteiger charge is -2.11. The fourth-order valence-electron chi connectivity index (χ4n) is 1.69. The Morgan fingerprint density at radius 2 is 1.86 bits per heavy atom. The predicted molar refractivity (Wildman–Crippen MR) is 87.8 cm³/mol. The van der Waals surface area contributed by atoms with Crippen molar-refractivity contribution in [1.29, 1.82) is 0 Å². The number of anilines is 1. The Bertz CT molecular complexity index is 734. The molecule has 2 aromatic rings.